The number of carbonyl (C=O) groups excluding carboxylic acids is 1. The molecule has 0 atom stereocenters. The molecule has 1 saturated carbocycles. The van der Waals surface area contributed by atoms with Gasteiger partial charge in [0, 0.05) is 16.6 Å². The van der Waals surface area contributed by atoms with Crippen molar-refractivity contribution in [3.63, 3.8) is 0 Å². The molecule has 0 aliphatic heterocycles. The lowest BCUT2D eigenvalue weighted by atomic mass is 9.78. The predicted molar refractivity (Wildman–Crippen MR) is 72.0 cm³/mol. The van der Waals surface area contributed by atoms with E-state index in [0.29, 0.717) is 12.1 Å². The molecule has 1 aromatic rings. The number of aryl methyl sites for hydroxylation is 1. The lowest BCUT2D eigenvalue weighted by molar-refractivity contribution is 0.0929. The Balaban J connectivity index is 2.02. The molecule has 0 unspecified atom stereocenters. The molecule has 3 nitrogen and oxygen atoms in total. The van der Waals surface area contributed by atoms with Gasteiger partial charge in [-0.05, 0) is 53.7 Å². The summed E-state index contributed by atoms with van der Waals surface area (Å²) >= 11 is 3.44. The van der Waals surface area contributed by atoms with Crippen LogP contribution in [0.3, 0.4) is 0 Å². The van der Waals surface area contributed by atoms with Gasteiger partial charge in [-0.25, -0.2) is 0 Å². The molecule has 0 spiro atoms. The van der Waals surface area contributed by atoms with Crippen molar-refractivity contribution in [2.75, 3.05) is 6.54 Å². The monoisotopic (exact) mass is 296 g/mol. The third-order valence-corrected chi connectivity index (χ3v) is 4.44. The molecule has 0 saturated heterocycles. The van der Waals surface area contributed by atoms with Gasteiger partial charge in [0.1, 0.15) is 0 Å². The summed E-state index contributed by atoms with van der Waals surface area (Å²) in [5, 5.41) is 2.92. The molecule has 0 bridgehead atoms. The van der Waals surface area contributed by atoms with Gasteiger partial charge < -0.3 is 11.1 Å². The van der Waals surface area contributed by atoms with Gasteiger partial charge in [-0.15, -0.1) is 0 Å². The number of halogens is 1. The van der Waals surface area contributed by atoms with Crippen LogP contribution in [0.2, 0.25) is 0 Å². The highest BCUT2D eigenvalue weighted by Gasteiger charge is 2.32. The van der Waals surface area contributed by atoms with E-state index in [1.165, 1.54) is 6.42 Å². The lowest BCUT2D eigenvalue weighted by Crippen LogP contribution is -2.54. The van der Waals surface area contributed by atoms with Gasteiger partial charge in [0.15, 0.2) is 0 Å². The Morgan fingerprint density at radius 2 is 2.24 bits per heavy atom. The fourth-order valence-electron chi connectivity index (χ4n) is 1.98. The van der Waals surface area contributed by atoms with Crippen LogP contribution < -0.4 is 11.1 Å². The van der Waals surface area contributed by atoms with Gasteiger partial charge in [0.2, 0.25) is 0 Å². The second-order valence-corrected chi connectivity index (χ2v) is 5.63. The first kappa shape index (κ1) is 12.6. The number of nitrogens with one attached hydrogen (secondary N) is 1. The summed E-state index contributed by atoms with van der Waals surface area (Å²) in [5.74, 6) is -0.0581. The molecule has 17 heavy (non-hydrogen) atoms. The molecule has 0 radical (unpaired) electrons. The summed E-state index contributed by atoms with van der Waals surface area (Å²) in [4.78, 5) is 12.0. The Morgan fingerprint density at radius 1 is 1.53 bits per heavy atom. The van der Waals surface area contributed by atoms with Crippen molar-refractivity contribution in [3.8, 4) is 0 Å². The van der Waals surface area contributed by atoms with Crippen molar-refractivity contribution in [3.05, 3.63) is 33.8 Å². The first-order chi connectivity index (χ1) is 8.02. The zero-order valence-corrected chi connectivity index (χ0v) is 11.5. The Labute approximate surface area is 110 Å². The quantitative estimate of drug-likeness (QED) is 0.900. The van der Waals surface area contributed by atoms with Gasteiger partial charge in [0.25, 0.3) is 5.91 Å². The fraction of sp³-hybridized carbons (Fsp3) is 0.462. The van der Waals surface area contributed by atoms with E-state index in [1.54, 1.807) is 0 Å². The molecular weight excluding hydrogens is 280 g/mol. The van der Waals surface area contributed by atoms with Crippen LogP contribution in [0, 0.1) is 6.92 Å². The van der Waals surface area contributed by atoms with E-state index >= 15 is 0 Å². The second kappa shape index (κ2) is 4.78. The van der Waals surface area contributed by atoms with E-state index in [9.17, 15) is 4.79 Å². The number of rotatable bonds is 3. The first-order valence-corrected chi connectivity index (χ1v) is 6.63. The molecule has 2 rings (SSSR count). The Morgan fingerprint density at radius 3 is 2.82 bits per heavy atom. The predicted octanol–water partition coefficient (Wildman–Crippen LogP) is 2.37. The number of carbonyl (C=O) groups is 1. The SMILES string of the molecule is Cc1cccc(C(=O)NCC2(N)CCC2)c1Br. The molecule has 1 aliphatic carbocycles. The minimum atomic E-state index is -0.175. The minimum absolute atomic E-state index is 0.0581. The molecule has 0 heterocycles. The van der Waals surface area contributed by atoms with E-state index in [0.717, 1.165) is 22.9 Å². The Bertz CT molecular complexity index is 441. The molecule has 0 aromatic heterocycles. The summed E-state index contributed by atoms with van der Waals surface area (Å²) in [7, 11) is 0. The average Bonchev–Trinajstić information content (AvgIpc) is 2.27. The van der Waals surface area contributed by atoms with Crippen LogP contribution in [0.5, 0.6) is 0 Å². The molecule has 92 valence electrons. The third-order valence-electron chi connectivity index (χ3n) is 3.39. The molecule has 3 N–H and O–H groups in total. The summed E-state index contributed by atoms with van der Waals surface area (Å²) < 4.78 is 0.859. The molecule has 1 aromatic carbocycles. The van der Waals surface area contributed by atoms with Crippen LogP contribution >= 0.6 is 15.9 Å². The van der Waals surface area contributed by atoms with Crippen LogP contribution in [0.15, 0.2) is 22.7 Å². The second-order valence-electron chi connectivity index (χ2n) is 4.84. The first-order valence-electron chi connectivity index (χ1n) is 5.84. The number of amides is 1. The van der Waals surface area contributed by atoms with Gasteiger partial charge in [-0.3, -0.25) is 4.79 Å². The zero-order chi connectivity index (χ0) is 12.5. The van der Waals surface area contributed by atoms with Crippen LogP contribution in [-0.2, 0) is 0 Å². The van der Waals surface area contributed by atoms with Crippen LogP contribution in [-0.4, -0.2) is 18.0 Å². The largest absolute Gasteiger partial charge is 0.350 e. The normalized spacial score (nSPS) is 17.4. The van der Waals surface area contributed by atoms with E-state index in [-0.39, 0.29) is 11.4 Å². The Kier molecular flexibility index (Phi) is 3.54. The summed E-state index contributed by atoms with van der Waals surface area (Å²) in [5.41, 5.74) is 7.63. The molecular formula is C13H17BrN2O. The van der Waals surface area contributed by atoms with Crippen LogP contribution in [0.25, 0.3) is 0 Å². The molecule has 4 heteroatoms. The topological polar surface area (TPSA) is 55.1 Å². The molecule has 1 aliphatic rings. The van der Waals surface area contributed by atoms with Crippen molar-refractivity contribution in [2.24, 2.45) is 5.73 Å². The minimum Gasteiger partial charge on any atom is -0.350 e. The van der Waals surface area contributed by atoms with Crippen LogP contribution in [0.4, 0.5) is 0 Å². The maximum atomic E-state index is 12.0. The summed E-state index contributed by atoms with van der Waals surface area (Å²) in [6.45, 7) is 2.53. The zero-order valence-electron chi connectivity index (χ0n) is 9.92. The number of hydrogen-bond donors (Lipinski definition) is 2. The van der Waals surface area contributed by atoms with Gasteiger partial charge in [-0.1, -0.05) is 12.1 Å². The van der Waals surface area contributed by atoms with Crippen molar-refractivity contribution >= 4 is 21.8 Å². The Hall–Kier alpha value is -0.870. The third kappa shape index (κ3) is 2.69. The number of hydrogen-bond acceptors (Lipinski definition) is 2. The number of nitrogens with two attached hydrogens (primary N) is 1. The van der Waals surface area contributed by atoms with Gasteiger partial charge >= 0.3 is 0 Å². The number of benzene rings is 1. The summed E-state index contributed by atoms with van der Waals surface area (Å²) in [6.07, 6.45) is 3.17. The van der Waals surface area contributed by atoms with Crippen LogP contribution in [0.1, 0.15) is 35.2 Å². The maximum Gasteiger partial charge on any atom is 0.252 e. The van der Waals surface area contributed by atoms with Crippen molar-refractivity contribution in [1.29, 1.82) is 0 Å². The van der Waals surface area contributed by atoms with Crippen molar-refractivity contribution in [2.45, 2.75) is 31.7 Å². The smallest absolute Gasteiger partial charge is 0.252 e. The summed E-state index contributed by atoms with van der Waals surface area (Å²) in [6, 6.07) is 5.67. The lowest BCUT2D eigenvalue weighted by Gasteiger charge is -2.38. The van der Waals surface area contributed by atoms with Gasteiger partial charge in [0.05, 0.1) is 5.56 Å². The molecule has 1 fully saturated rings. The van der Waals surface area contributed by atoms with Gasteiger partial charge in [-0.2, -0.15) is 0 Å². The highest BCUT2D eigenvalue weighted by atomic mass is 79.9. The fourth-order valence-corrected chi connectivity index (χ4v) is 2.43. The standard InChI is InChI=1S/C13H17BrN2O/c1-9-4-2-5-10(11(9)14)12(17)16-8-13(15)6-3-7-13/h2,4-5H,3,6-8,15H2,1H3,(H,16,17). The van der Waals surface area contributed by atoms with Crippen molar-refractivity contribution < 1.29 is 4.79 Å². The average molecular weight is 297 g/mol. The molecule has 1 amide bonds. The van der Waals surface area contributed by atoms with E-state index in [2.05, 4.69) is 21.2 Å². The van der Waals surface area contributed by atoms with E-state index in [1.807, 2.05) is 25.1 Å². The van der Waals surface area contributed by atoms with Crippen molar-refractivity contribution in [1.82, 2.24) is 5.32 Å². The van der Waals surface area contributed by atoms with E-state index < -0.39 is 0 Å². The maximum absolute atomic E-state index is 12.0. The highest BCUT2D eigenvalue weighted by Crippen LogP contribution is 2.28. The van der Waals surface area contributed by atoms with E-state index in [4.69, 9.17) is 5.73 Å². The highest BCUT2D eigenvalue weighted by molar-refractivity contribution is 9.10.